The SMILES string of the molecule is CC(C)c1cc(CNC(=O)[C@]2(c3ccc(F)cc3)CCCNC2)[nH]n1. The van der Waals surface area contributed by atoms with Gasteiger partial charge in [-0.15, -0.1) is 0 Å². The van der Waals surface area contributed by atoms with Crippen LogP contribution in [0.5, 0.6) is 0 Å². The number of nitrogens with one attached hydrogen (secondary N) is 3. The van der Waals surface area contributed by atoms with Crippen molar-refractivity contribution in [1.82, 2.24) is 20.8 Å². The van der Waals surface area contributed by atoms with Gasteiger partial charge < -0.3 is 10.6 Å². The predicted molar refractivity (Wildman–Crippen MR) is 94.7 cm³/mol. The van der Waals surface area contributed by atoms with Crippen molar-refractivity contribution in [2.45, 2.75) is 44.6 Å². The van der Waals surface area contributed by atoms with Crippen LogP contribution < -0.4 is 10.6 Å². The van der Waals surface area contributed by atoms with E-state index in [0.717, 1.165) is 36.3 Å². The van der Waals surface area contributed by atoms with Crippen molar-refractivity contribution in [2.24, 2.45) is 0 Å². The minimum Gasteiger partial charge on any atom is -0.350 e. The van der Waals surface area contributed by atoms with E-state index in [2.05, 4.69) is 34.7 Å². The number of H-pyrrole nitrogens is 1. The zero-order valence-corrected chi connectivity index (χ0v) is 14.7. The van der Waals surface area contributed by atoms with Crippen molar-refractivity contribution in [1.29, 1.82) is 0 Å². The van der Waals surface area contributed by atoms with E-state index in [9.17, 15) is 9.18 Å². The maximum absolute atomic E-state index is 13.3. The Kier molecular flexibility index (Phi) is 5.18. The summed E-state index contributed by atoms with van der Waals surface area (Å²) < 4.78 is 13.3. The average molecular weight is 344 g/mol. The van der Waals surface area contributed by atoms with Crippen LogP contribution in [0.15, 0.2) is 30.3 Å². The number of hydrogen-bond donors (Lipinski definition) is 3. The van der Waals surface area contributed by atoms with Crippen molar-refractivity contribution < 1.29 is 9.18 Å². The Morgan fingerprint density at radius 1 is 1.36 bits per heavy atom. The van der Waals surface area contributed by atoms with Gasteiger partial charge in [0.2, 0.25) is 5.91 Å². The number of hydrogen-bond acceptors (Lipinski definition) is 3. The third-order valence-electron chi connectivity index (χ3n) is 4.90. The molecule has 0 unspecified atom stereocenters. The van der Waals surface area contributed by atoms with Crippen molar-refractivity contribution in [2.75, 3.05) is 13.1 Å². The third-order valence-corrected chi connectivity index (χ3v) is 4.90. The van der Waals surface area contributed by atoms with Gasteiger partial charge in [-0.05, 0) is 49.1 Å². The van der Waals surface area contributed by atoms with Gasteiger partial charge in [-0.2, -0.15) is 5.10 Å². The summed E-state index contributed by atoms with van der Waals surface area (Å²) in [7, 11) is 0. The number of benzene rings is 1. The Bertz CT molecular complexity index is 717. The van der Waals surface area contributed by atoms with Crippen molar-refractivity contribution in [3.05, 3.63) is 53.1 Å². The van der Waals surface area contributed by atoms with Gasteiger partial charge in [-0.25, -0.2) is 4.39 Å². The number of halogens is 1. The molecule has 1 atom stereocenters. The Hall–Kier alpha value is -2.21. The Balaban J connectivity index is 1.76. The molecule has 1 aromatic carbocycles. The van der Waals surface area contributed by atoms with E-state index in [1.807, 2.05) is 6.07 Å². The quantitative estimate of drug-likeness (QED) is 0.781. The minimum atomic E-state index is -0.660. The van der Waals surface area contributed by atoms with Gasteiger partial charge in [-0.1, -0.05) is 26.0 Å². The fourth-order valence-corrected chi connectivity index (χ4v) is 3.36. The summed E-state index contributed by atoms with van der Waals surface area (Å²) in [4.78, 5) is 13.0. The van der Waals surface area contributed by atoms with Gasteiger partial charge in [0.15, 0.2) is 0 Å². The molecule has 25 heavy (non-hydrogen) atoms. The smallest absolute Gasteiger partial charge is 0.232 e. The number of aromatic amines is 1. The van der Waals surface area contributed by atoms with Crippen LogP contribution in [-0.4, -0.2) is 29.2 Å². The number of rotatable bonds is 5. The third kappa shape index (κ3) is 3.74. The van der Waals surface area contributed by atoms with Gasteiger partial charge in [0.05, 0.1) is 23.3 Å². The van der Waals surface area contributed by atoms with E-state index in [0.29, 0.717) is 19.0 Å². The van der Waals surface area contributed by atoms with Crippen LogP contribution in [0, 0.1) is 5.82 Å². The number of piperidine rings is 1. The average Bonchev–Trinajstić information content (AvgIpc) is 3.10. The van der Waals surface area contributed by atoms with Crippen molar-refractivity contribution in [3.8, 4) is 0 Å². The maximum atomic E-state index is 13.3. The highest BCUT2D eigenvalue weighted by molar-refractivity contribution is 5.88. The van der Waals surface area contributed by atoms with Gasteiger partial charge in [-0.3, -0.25) is 9.89 Å². The lowest BCUT2D eigenvalue weighted by atomic mass is 9.74. The van der Waals surface area contributed by atoms with Crippen LogP contribution >= 0.6 is 0 Å². The highest BCUT2D eigenvalue weighted by atomic mass is 19.1. The van der Waals surface area contributed by atoms with Gasteiger partial charge in [0.25, 0.3) is 0 Å². The molecule has 3 rings (SSSR count). The lowest BCUT2D eigenvalue weighted by Crippen LogP contribution is -2.53. The lowest BCUT2D eigenvalue weighted by molar-refractivity contribution is -0.127. The molecule has 1 aliphatic rings. The molecule has 0 bridgehead atoms. The minimum absolute atomic E-state index is 0.0352. The molecule has 3 N–H and O–H groups in total. The molecule has 0 aliphatic carbocycles. The fraction of sp³-hybridized carbons (Fsp3) is 0.474. The fourth-order valence-electron chi connectivity index (χ4n) is 3.36. The van der Waals surface area contributed by atoms with E-state index >= 15 is 0 Å². The topological polar surface area (TPSA) is 69.8 Å². The maximum Gasteiger partial charge on any atom is 0.232 e. The number of aromatic nitrogens is 2. The zero-order chi connectivity index (χ0) is 17.9. The van der Waals surface area contributed by atoms with Crippen molar-refractivity contribution >= 4 is 5.91 Å². The van der Waals surface area contributed by atoms with Crippen LogP contribution in [0.1, 0.15) is 49.6 Å². The van der Waals surface area contributed by atoms with Crippen LogP contribution in [0.25, 0.3) is 0 Å². The van der Waals surface area contributed by atoms with Gasteiger partial charge in [0.1, 0.15) is 5.82 Å². The predicted octanol–water partition coefficient (Wildman–Crippen LogP) is 2.61. The van der Waals surface area contributed by atoms with E-state index in [1.54, 1.807) is 12.1 Å². The zero-order valence-electron chi connectivity index (χ0n) is 14.7. The number of nitrogens with zero attached hydrogens (tertiary/aromatic N) is 1. The summed E-state index contributed by atoms with van der Waals surface area (Å²) in [6.07, 6.45) is 1.66. The largest absolute Gasteiger partial charge is 0.350 e. The lowest BCUT2D eigenvalue weighted by Gasteiger charge is -2.36. The highest BCUT2D eigenvalue weighted by Crippen LogP contribution is 2.32. The first-order valence-electron chi connectivity index (χ1n) is 8.80. The molecule has 6 heteroatoms. The molecule has 1 saturated heterocycles. The number of amides is 1. The summed E-state index contributed by atoms with van der Waals surface area (Å²) in [5.41, 5.74) is 2.06. The summed E-state index contributed by atoms with van der Waals surface area (Å²) in [6.45, 7) is 6.02. The van der Waals surface area contributed by atoms with Crippen LogP contribution in [-0.2, 0) is 16.8 Å². The normalized spacial score (nSPS) is 20.6. The molecular weight excluding hydrogens is 319 g/mol. The second-order valence-electron chi connectivity index (χ2n) is 7.02. The van der Waals surface area contributed by atoms with Crippen LogP contribution in [0.3, 0.4) is 0 Å². The monoisotopic (exact) mass is 344 g/mol. The van der Waals surface area contributed by atoms with Gasteiger partial charge >= 0.3 is 0 Å². The number of carbonyl (C=O) groups excluding carboxylic acids is 1. The standard InChI is InChI=1S/C19H25FN4O/c1-13(2)17-10-16(23-24-17)11-22-18(25)19(8-3-9-21-12-19)14-4-6-15(20)7-5-14/h4-7,10,13,21H,3,8-9,11-12H2,1-2H3,(H,22,25)(H,23,24)/t19-/m1/s1. The summed E-state index contributed by atoms with van der Waals surface area (Å²) in [5, 5.41) is 13.6. The first kappa shape index (κ1) is 17.6. The molecule has 1 aromatic heterocycles. The molecule has 5 nitrogen and oxygen atoms in total. The summed E-state index contributed by atoms with van der Waals surface area (Å²) >= 11 is 0. The molecule has 2 heterocycles. The van der Waals surface area contributed by atoms with Crippen LogP contribution in [0.4, 0.5) is 4.39 Å². The molecule has 1 aliphatic heterocycles. The Morgan fingerprint density at radius 3 is 2.72 bits per heavy atom. The molecule has 0 spiro atoms. The molecule has 0 saturated carbocycles. The second kappa shape index (κ2) is 7.35. The molecule has 1 fully saturated rings. The Labute approximate surface area is 147 Å². The molecule has 0 radical (unpaired) electrons. The van der Waals surface area contributed by atoms with E-state index in [1.165, 1.54) is 12.1 Å². The first-order chi connectivity index (χ1) is 12.0. The van der Waals surface area contributed by atoms with E-state index < -0.39 is 5.41 Å². The van der Waals surface area contributed by atoms with E-state index in [-0.39, 0.29) is 11.7 Å². The Morgan fingerprint density at radius 2 is 2.12 bits per heavy atom. The summed E-state index contributed by atoms with van der Waals surface area (Å²) in [6, 6.07) is 8.25. The summed E-state index contributed by atoms with van der Waals surface area (Å²) in [5.74, 6) is 0.0163. The van der Waals surface area contributed by atoms with Crippen molar-refractivity contribution in [3.63, 3.8) is 0 Å². The first-order valence-corrected chi connectivity index (χ1v) is 8.80. The highest BCUT2D eigenvalue weighted by Gasteiger charge is 2.41. The van der Waals surface area contributed by atoms with E-state index in [4.69, 9.17) is 0 Å². The molecular formula is C19H25FN4O. The molecule has 1 amide bonds. The van der Waals surface area contributed by atoms with Crippen LogP contribution in [0.2, 0.25) is 0 Å². The number of carbonyl (C=O) groups is 1. The second-order valence-corrected chi connectivity index (χ2v) is 7.02. The molecule has 2 aromatic rings. The molecule has 134 valence electrons. The van der Waals surface area contributed by atoms with Gasteiger partial charge in [0, 0.05) is 6.54 Å².